The second-order valence-corrected chi connectivity index (χ2v) is 6.73. The lowest BCUT2D eigenvalue weighted by molar-refractivity contribution is -0.384. The number of nitro groups is 1. The Morgan fingerprint density at radius 2 is 2.16 bits per heavy atom. The summed E-state index contributed by atoms with van der Waals surface area (Å²) in [6, 6.07) is 5.20. The number of allylic oxidation sites excluding steroid dienone is 2. The lowest BCUT2D eigenvalue weighted by Crippen LogP contribution is -2.37. The van der Waals surface area contributed by atoms with Gasteiger partial charge < -0.3 is 10.1 Å². The Morgan fingerprint density at radius 3 is 2.88 bits per heavy atom. The summed E-state index contributed by atoms with van der Waals surface area (Å²) in [6.45, 7) is 5.60. The molecule has 1 aromatic rings. The van der Waals surface area contributed by atoms with Gasteiger partial charge in [-0.25, -0.2) is 0 Å². The molecule has 1 aliphatic heterocycles. The first-order valence-corrected chi connectivity index (χ1v) is 9.23. The van der Waals surface area contributed by atoms with E-state index in [1.807, 2.05) is 6.07 Å². The van der Waals surface area contributed by atoms with Gasteiger partial charge in [0.15, 0.2) is 0 Å². The molecule has 2 aliphatic rings. The molecule has 25 heavy (non-hydrogen) atoms. The van der Waals surface area contributed by atoms with Crippen LogP contribution in [0.3, 0.4) is 0 Å². The molecule has 0 saturated carbocycles. The SMILES string of the molecule is O=[N+]([O-])c1ccc(NCCCN2CCOCC2)c(C2C=CCCC2)c1. The molecule has 3 rings (SSSR count). The normalized spacial score (nSPS) is 21.2. The zero-order valence-corrected chi connectivity index (χ0v) is 14.7. The highest BCUT2D eigenvalue weighted by Crippen LogP contribution is 2.35. The average molecular weight is 345 g/mol. The summed E-state index contributed by atoms with van der Waals surface area (Å²) in [7, 11) is 0. The lowest BCUT2D eigenvalue weighted by Gasteiger charge is -2.26. The molecule has 1 atom stereocenters. The molecule has 6 heteroatoms. The number of anilines is 1. The van der Waals surface area contributed by atoms with E-state index in [0.29, 0.717) is 0 Å². The quantitative estimate of drug-likeness (QED) is 0.354. The number of rotatable bonds is 7. The molecule has 1 N–H and O–H groups in total. The van der Waals surface area contributed by atoms with Crippen molar-refractivity contribution in [2.24, 2.45) is 0 Å². The van der Waals surface area contributed by atoms with Gasteiger partial charge in [0.2, 0.25) is 0 Å². The number of nitro benzene ring substituents is 1. The molecule has 1 saturated heterocycles. The molecule has 1 aromatic carbocycles. The van der Waals surface area contributed by atoms with E-state index >= 15 is 0 Å². The van der Waals surface area contributed by atoms with Gasteiger partial charge in [-0.3, -0.25) is 15.0 Å². The number of hydrogen-bond acceptors (Lipinski definition) is 5. The van der Waals surface area contributed by atoms with Crippen LogP contribution in [-0.4, -0.2) is 49.2 Å². The molecule has 136 valence electrons. The maximum absolute atomic E-state index is 11.1. The van der Waals surface area contributed by atoms with Crippen molar-refractivity contribution >= 4 is 11.4 Å². The van der Waals surface area contributed by atoms with E-state index in [4.69, 9.17) is 4.74 Å². The van der Waals surface area contributed by atoms with Crippen molar-refractivity contribution in [2.45, 2.75) is 31.6 Å². The third-order valence-electron chi connectivity index (χ3n) is 4.97. The highest BCUT2D eigenvalue weighted by atomic mass is 16.6. The monoisotopic (exact) mass is 345 g/mol. The number of non-ortho nitro benzene ring substituents is 1. The largest absolute Gasteiger partial charge is 0.385 e. The van der Waals surface area contributed by atoms with Crippen LogP contribution in [0.15, 0.2) is 30.4 Å². The van der Waals surface area contributed by atoms with Crippen molar-refractivity contribution in [3.63, 3.8) is 0 Å². The van der Waals surface area contributed by atoms with Gasteiger partial charge in [-0.2, -0.15) is 0 Å². The molecule has 0 amide bonds. The van der Waals surface area contributed by atoms with Gasteiger partial charge in [-0.15, -0.1) is 0 Å². The Bertz CT molecular complexity index is 612. The van der Waals surface area contributed by atoms with Crippen molar-refractivity contribution in [3.05, 3.63) is 46.0 Å². The summed E-state index contributed by atoms with van der Waals surface area (Å²) < 4.78 is 5.37. The molecule has 0 spiro atoms. The molecular weight excluding hydrogens is 318 g/mol. The number of benzene rings is 1. The van der Waals surface area contributed by atoms with Gasteiger partial charge in [0.05, 0.1) is 18.1 Å². The molecule has 6 nitrogen and oxygen atoms in total. The molecule has 1 fully saturated rings. The summed E-state index contributed by atoms with van der Waals surface area (Å²) in [5.74, 6) is 0.274. The molecule has 0 aromatic heterocycles. The maximum Gasteiger partial charge on any atom is 0.269 e. The first-order chi connectivity index (χ1) is 12.2. The molecule has 1 unspecified atom stereocenters. The Kier molecular flexibility index (Phi) is 6.42. The predicted molar refractivity (Wildman–Crippen MR) is 99.2 cm³/mol. The first kappa shape index (κ1) is 17.9. The Labute approximate surface area is 149 Å². The molecule has 1 heterocycles. The summed E-state index contributed by atoms with van der Waals surface area (Å²) in [5.41, 5.74) is 2.26. The van der Waals surface area contributed by atoms with Crippen molar-refractivity contribution in [1.29, 1.82) is 0 Å². The minimum Gasteiger partial charge on any atom is -0.385 e. The maximum atomic E-state index is 11.1. The van der Waals surface area contributed by atoms with Crippen LogP contribution in [0.2, 0.25) is 0 Å². The van der Waals surface area contributed by atoms with Crippen LogP contribution in [0.25, 0.3) is 0 Å². The first-order valence-electron chi connectivity index (χ1n) is 9.23. The van der Waals surface area contributed by atoms with E-state index in [0.717, 1.165) is 76.3 Å². The third kappa shape index (κ3) is 5.03. The lowest BCUT2D eigenvalue weighted by atomic mass is 9.88. The highest BCUT2D eigenvalue weighted by Gasteiger charge is 2.18. The topological polar surface area (TPSA) is 67.6 Å². The van der Waals surface area contributed by atoms with Gasteiger partial charge in [0.25, 0.3) is 5.69 Å². The Morgan fingerprint density at radius 1 is 1.32 bits per heavy atom. The standard InChI is InChI=1S/C19H27N3O3/c23-22(24)17-7-8-19(18(15-17)16-5-2-1-3-6-16)20-9-4-10-21-11-13-25-14-12-21/h2,5,7-8,15-16,20H,1,3-4,6,9-14H2. The minimum absolute atomic E-state index is 0.174. The molecule has 0 radical (unpaired) electrons. The van der Waals surface area contributed by atoms with Crippen molar-refractivity contribution in [1.82, 2.24) is 4.90 Å². The van der Waals surface area contributed by atoms with Crippen LogP contribution in [0.4, 0.5) is 11.4 Å². The van der Waals surface area contributed by atoms with Crippen LogP contribution in [0.1, 0.15) is 37.2 Å². The van der Waals surface area contributed by atoms with Crippen LogP contribution in [-0.2, 0) is 4.74 Å². The number of nitrogens with zero attached hydrogens (tertiary/aromatic N) is 2. The number of morpholine rings is 1. The Hall–Kier alpha value is -1.92. The van der Waals surface area contributed by atoms with Gasteiger partial charge in [-0.1, -0.05) is 12.2 Å². The van der Waals surface area contributed by atoms with E-state index in [-0.39, 0.29) is 16.5 Å². The fraction of sp³-hybridized carbons (Fsp3) is 0.579. The van der Waals surface area contributed by atoms with Crippen LogP contribution in [0.5, 0.6) is 0 Å². The second kappa shape index (κ2) is 8.97. The summed E-state index contributed by atoms with van der Waals surface area (Å²) in [4.78, 5) is 13.2. The zero-order chi connectivity index (χ0) is 17.5. The fourth-order valence-electron chi connectivity index (χ4n) is 3.55. The van der Waals surface area contributed by atoms with E-state index in [2.05, 4.69) is 22.4 Å². The summed E-state index contributed by atoms with van der Waals surface area (Å²) >= 11 is 0. The van der Waals surface area contributed by atoms with Crippen molar-refractivity contribution < 1.29 is 9.66 Å². The van der Waals surface area contributed by atoms with Crippen LogP contribution < -0.4 is 5.32 Å². The van der Waals surface area contributed by atoms with Crippen molar-refractivity contribution in [2.75, 3.05) is 44.7 Å². The van der Waals surface area contributed by atoms with Gasteiger partial charge in [0.1, 0.15) is 0 Å². The van der Waals surface area contributed by atoms with Crippen LogP contribution >= 0.6 is 0 Å². The molecule has 0 bridgehead atoms. The third-order valence-corrected chi connectivity index (χ3v) is 4.97. The fourth-order valence-corrected chi connectivity index (χ4v) is 3.55. The zero-order valence-electron chi connectivity index (χ0n) is 14.7. The highest BCUT2D eigenvalue weighted by molar-refractivity contribution is 5.58. The molecular formula is C19H27N3O3. The molecule has 1 aliphatic carbocycles. The van der Waals surface area contributed by atoms with Crippen LogP contribution in [0, 0.1) is 10.1 Å². The summed E-state index contributed by atoms with van der Waals surface area (Å²) in [5, 5.41) is 14.6. The smallest absolute Gasteiger partial charge is 0.269 e. The van der Waals surface area contributed by atoms with Gasteiger partial charge in [0, 0.05) is 43.4 Å². The van der Waals surface area contributed by atoms with Gasteiger partial charge >= 0.3 is 0 Å². The van der Waals surface area contributed by atoms with Gasteiger partial charge in [-0.05, 0) is 43.9 Å². The number of hydrogen-bond donors (Lipinski definition) is 1. The predicted octanol–water partition coefficient (Wildman–Crippen LogP) is 3.55. The number of nitrogens with one attached hydrogen (secondary N) is 1. The van der Waals surface area contributed by atoms with E-state index in [9.17, 15) is 10.1 Å². The average Bonchev–Trinajstić information content (AvgIpc) is 2.66. The second-order valence-electron chi connectivity index (χ2n) is 6.73. The van der Waals surface area contributed by atoms with E-state index < -0.39 is 0 Å². The van der Waals surface area contributed by atoms with E-state index in [1.165, 1.54) is 0 Å². The van der Waals surface area contributed by atoms with Crippen molar-refractivity contribution in [3.8, 4) is 0 Å². The summed E-state index contributed by atoms with van der Waals surface area (Å²) in [6.07, 6.45) is 8.74. The minimum atomic E-state index is -0.307. The Balaban J connectivity index is 1.61. The van der Waals surface area contributed by atoms with E-state index in [1.54, 1.807) is 12.1 Å². The number of ether oxygens (including phenoxy) is 1.